The molecule has 19 heavy (non-hydrogen) atoms. The van der Waals surface area contributed by atoms with Crippen molar-refractivity contribution in [3.8, 4) is 0 Å². The van der Waals surface area contributed by atoms with Crippen LogP contribution >= 0.6 is 11.3 Å². The molecule has 1 saturated heterocycles. The standard InChI is InChI=1S/C13H23N3O2S/c1-10-11(5-8-18-10)13-16-15-12(19-13)4-3-6-14-7-9-17-2/h10-11,14H,3-9H2,1-2H3. The van der Waals surface area contributed by atoms with Crippen molar-refractivity contribution in [1.29, 1.82) is 0 Å². The molecular weight excluding hydrogens is 262 g/mol. The van der Waals surface area contributed by atoms with E-state index in [9.17, 15) is 0 Å². The summed E-state index contributed by atoms with van der Waals surface area (Å²) in [7, 11) is 1.72. The summed E-state index contributed by atoms with van der Waals surface area (Å²) < 4.78 is 10.6. The number of aromatic nitrogens is 2. The number of rotatable bonds is 8. The van der Waals surface area contributed by atoms with Crippen molar-refractivity contribution < 1.29 is 9.47 Å². The maximum absolute atomic E-state index is 5.58. The molecule has 2 rings (SSSR count). The highest BCUT2D eigenvalue weighted by Gasteiger charge is 2.28. The highest BCUT2D eigenvalue weighted by atomic mass is 32.1. The van der Waals surface area contributed by atoms with Crippen LogP contribution < -0.4 is 5.32 Å². The quantitative estimate of drug-likeness (QED) is 0.735. The summed E-state index contributed by atoms with van der Waals surface area (Å²) in [6.07, 6.45) is 3.46. The fourth-order valence-corrected chi connectivity index (χ4v) is 3.35. The second-order valence-corrected chi connectivity index (χ2v) is 5.95. The van der Waals surface area contributed by atoms with Crippen LogP contribution in [0.5, 0.6) is 0 Å². The molecule has 1 aliphatic rings. The predicted octanol–water partition coefficient (Wildman–Crippen LogP) is 1.60. The highest BCUT2D eigenvalue weighted by Crippen LogP contribution is 2.32. The fraction of sp³-hybridized carbons (Fsp3) is 0.846. The maximum Gasteiger partial charge on any atom is 0.123 e. The number of ether oxygens (including phenoxy) is 2. The number of aryl methyl sites for hydroxylation is 1. The molecule has 1 aromatic heterocycles. The minimum atomic E-state index is 0.288. The summed E-state index contributed by atoms with van der Waals surface area (Å²) in [4.78, 5) is 0. The molecule has 1 aromatic rings. The first-order valence-corrected chi connectivity index (χ1v) is 7.76. The van der Waals surface area contributed by atoms with Gasteiger partial charge in [0.15, 0.2) is 0 Å². The van der Waals surface area contributed by atoms with Crippen molar-refractivity contribution in [2.75, 3.05) is 33.4 Å². The minimum Gasteiger partial charge on any atom is -0.383 e. The van der Waals surface area contributed by atoms with Crippen molar-refractivity contribution >= 4 is 11.3 Å². The first kappa shape index (κ1) is 14.8. The zero-order valence-electron chi connectivity index (χ0n) is 11.7. The van der Waals surface area contributed by atoms with Crippen LogP contribution in [0.25, 0.3) is 0 Å². The molecule has 0 aromatic carbocycles. The number of nitrogens with one attached hydrogen (secondary N) is 1. The summed E-state index contributed by atoms with van der Waals surface area (Å²) >= 11 is 1.75. The van der Waals surface area contributed by atoms with E-state index in [0.717, 1.165) is 55.6 Å². The lowest BCUT2D eigenvalue weighted by atomic mass is 10.0. The number of methoxy groups -OCH3 is 1. The van der Waals surface area contributed by atoms with E-state index in [1.165, 1.54) is 0 Å². The highest BCUT2D eigenvalue weighted by molar-refractivity contribution is 7.11. The van der Waals surface area contributed by atoms with Crippen LogP contribution in [-0.2, 0) is 15.9 Å². The van der Waals surface area contributed by atoms with Gasteiger partial charge in [0.25, 0.3) is 0 Å². The molecule has 1 N–H and O–H groups in total. The Balaban J connectivity index is 1.69. The van der Waals surface area contributed by atoms with E-state index in [1.54, 1.807) is 18.4 Å². The Labute approximate surface area is 118 Å². The Hall–Kier alpha value is -0.560. The summed E-state index contributed by atoms with van der Waals surface area (Å²) in [6, 6.07) is 0. The zero-order chi connectivity index (χ0) is 13.5. The lowest BCUT2D eigenvalue weighted by Crippen LogP contribution is -2.20. The smallest absolute Gasteiger partial charge is 0.123 e. The van der Waals surface area contributed by atoms with Crippen LogP contribution in [-0.4, -0.2) is 49.7 Å². The van der Waals surface area contributed by atoms with Gasteiger partial charge in [0, 0.05) is 32.6 Å². The number of hydrogen-bond acceptors (Lipinski definition) is 6. The van der Waals surface area contributed by atoms with Gasteiger partial charge in [-0.2, -0.15) is 0 Å². The van der Waals surface area contributed by atoms with Crippen molar-refractivity contribution in [3.63, 3.8) is 0 Å². The first-order valence-electron chi connectivity index (χ1n) is 6.95. The largest absolute Gasteiger partial charge is 0.383 e. The van der Waals surface area contributed by atoms with Crippen molar-refractivity contribution in [2.24, 2.45) is 0 Å². The summed E-state index contributed by atoms with van der Waals surface area (Å²) in [6.45, 7) is 5.65. The van der Waals surface area contributed by atoms with E-state index in [1.807, 2.05) is 0 Å². The van der Waals surface area contributed by atoms with Crippen LogP contribution in [0.4, 0.5) is 0 Å². The summed E-state index contributed by atoms with van der Waals surface area (Å²) in [5.74, 6) is 0.450. The number of nitrogens with zero attached hydrogens (tertiary/aromatic N) is 2. The summed E-state index contributed by atoms with van der Waals surface area (Å²) in [5.41, 5.74) is 0. The average molecular weight is 285 g/mol. The third-order valence-corrected chi connectivity index (χ3v) is 4.52. The molecule has 2 heterocycles. The molecule has 0 aliphatic carbocycles. The van der Waals surface area contributed by atoms with Gasteiger partial charge in [-0.25, -0.2) is 0 Å². The normalized spacial score (nSPS) is 23.1. The van der Waals surface area contributed by atoms with Gasteiger partial charge in [0.2, 0.25) is 0 Å². The van der Waals surface area contributed by atoms with Crippen molar-refractivity contribution in [2.45, 2.75) is 38.2 Å². The Kier molecular flexibility index (Phi) is 6.16. The molecule has 2 unspecified atom stereocenters. The van der Waals surface area contributed by atoms with Gasteiger partial charge >= 0.3 is 0 Å². The van der Waals surface area contributed by atoms with E-state index in [0.29, 0.717) is 5.92 Å². The first-order chi connectivity index (χ1) is 9.31. The second-order valence-electron chi connectivity index (χ2n) is 4.85. The maximum atomic E-state index is 5.58. The molecule has 0 spiro atoms. The van der Waals surface area contributed by atoms with Gasteiger partial charge < -0.3 is 14.8 Å². The Bertz CT molecular complexity index is 373. The van der Waals surface area contributed by atoms with Crippen molar-refractivity contribution in [1.82, 2.24) is 15.5 Å². The number of hydrogen-bond donors (Lipinski definition) is 1. The molecule has 0 bridgehead atoms. The molecule has 5 nitrogen and oxygen atoms in total. The second kappa shape index (κ2) is 7.89. The molecule has 1 fully saturated rings. The van der Waals surface area contributed by atoms with E-state index in [2.05, 4.69) is 22.4 Å². The van der Waals surface area contributed by atoms with E-state index in [-0.39, 0.29) is 6.10 Å². The van der Waals surface area contributed by atoms with Crippen LogP contribution in [0, 0.1) is 0 Å². The van der Waals surface area contributed by atoms with Gasteiger partial charge in [0.05, 0.1) is 12.7 Å². The summed E-state index contributed by atoms with van der Waals surface area (Å²) in [5, 5.41) is 14.2. The minimum absolute atomic E-state index is 0.288. The van der Waals surface area contributed by atoms with E-state index in [4.69, 9.17) is 9.47 Å². The molecule has 0 amide bonds. The van der Waals surface area contributed by atoms with Gasteiger partial charge in [-0.3, -0.25) is 0 Å². The topological polar surface area (TPSA) is 56.3 Å². The molecule has 108 valence electrons. The molecule has 0 radical (unpaired) electrons. The molecule has 0 saturated carbocycles. The van der Waals surface area contributed by atoms with Crippen LogP contribution in [0.1, 0.15) is 35.7 Å². The third-order valence-electron chi connectivity index (χ3n) is 3.40. The van der Waals surface area contributed by atoms with Gasteiger partial charge in [-0.05, 0) is 26.3 Å². The average Bonchev–Trinajstić information content (AvgIpc) is 3.02. The third kappa shape index (κ3) is 4.49. The Morgan fingerprint density at radius 3 is 3.05 bits per heavy atom. The lowest BCUT2D eigenvalue weighted by molar-refractivity contribution is 0.118. The molecular formula is C13H23N3O2S. The van der Waals surface area contributed by atoms with Gasteiger partial charge in [-0.1, -0.05) is 0 Å². The fourth-order valence-electron chi connectivity index (χ4n) is 2.24. The van der Waals surface area contributed by atoms with E-state index >= 15 is 0 Å². The molecule has 1 aliphatic heterocycles. The van der Waals surface area contributed by atoms with Crippen molar-refractivity contribution in [3.05, 3.63) is 10.0 Å². The Morgan fingerprint density at radius 2 is 2.32 bits per heavy atom. The molecule has 6 heteroatoms. The SMILES string of the molecule is COCCNCCCc1nnc(C2CCOC2C)s1. The van der Waals surface area contributed by atoms with Gasteiger partial charge in [0.1, 0.15) is 10.0 Å². The molecule has 2 atom stereocenters. The van der Waals surface area contributed by atoms with E-state index < -0.39 is 0 Å². The lowest BCUT2D eigenvalue weighted by Gasteiger charge is -2.08. The van der Waals surface area contributed by atoms with Crippen LogP contribution in [0.15, 0.2) is 0 Å². The van der Waals surface area contributed by atoms with Crippen LogP contribution in [0.2, 0.25) is 0 Å². The van der Waals surface area contributed by atoms with Gasteiger partial charge in [-0.15, -0.1) is 21.5 Å². The Morgan fingerprint density at radius 1 is 1.42 bits per heavy atom. The zero-order valence-corrected chi connectivity index (χ0v) is 12.5. The monoisotopic (exact) mass is 285 g/mol. The predicted molar refractivity (Wildman–Crippen MR) is 75.7 cm³/mol. The van der Waals surface area contributed by atoms with Crippen LogP contribution in [0.3, 0.4) is 0 Å².